The molecule has 0 saturated heterocycles. The van der Waals surface area contributed by atoms with Crippen LogP contribution in [0.2, 0.25) is 0 Å². The lowest BCUT2D eigenvalue weighted by Crippen LogP contribution is -1.93. The van der Waals surface area contributed by atoms with Crippen molar-refractivity contribution < 1.29 is 0 Å². The Kier molecular flexibility index (Phi) is 7.13. The fourth-order valence-electron chi connectivity index (χ4n) is 8.98. The van der Waals surface area contributed by atoms with E-state index in [2.05, 4.69) is 194 Å². The quantitative estimate of drug-likeness (QED) is 0.168. The van der Waals surface area contributed by atoms with Gasteiger partial charge in [0, 0.05) is 63.6 Å². The number of fused-ring (bicyclic) bond motifs is 12. The summed E-state index contributed by atoms with van der Waals surface area (Å²) < 4.78 is 2.62. The topological polar surface area (TPSA) is 25.8 Å². The summed E-state index contributed by atoms with van der Waals surface area (Å²) in [5.74, 6) is 0. The molecule has 2 nitrogen and oxygen atoms in total. The number of benzene rings is 9. The third kappa shape index (κ3) is 5.03. The normalized spacial score (nSPS) is 11.9. The highest BCUT2D eigenvalue weighted by molar-refractivity contribution is 7.26. The number of thiophene rings is 1. The Morgan fingerprint density at radius 1 is 0.298 bits per heavy atom. The van der Waals surface area contributed by atoms with Gasteiger partial charge in [-0.25, -0.2) is 9.97 Å². The van der Waals surface area contributed by atoms with E-state index >= 15 is 0 Å². The van der Waals surface area contributed by atoms with Crippen molar-refractivity contribution in [3.8, 4) is 44.8 Å². The SMILES string of the molecule is c1ccc(-c2nc3ccccc3c3c2cc(-c2ccc(-c4ccc5c(c4)nc(-c4ccccc4)c4ccc6c7ccccc7sc6c45)cc2)c2ccccc23)cc1. The number of para-hydroxylation sites is 1. The first-order valence-electron chi connectivity index (χ1n) is 19.4. The number of hydrogen-bond acceptors (Lipinski definition) is 3. The number of rotatable bonds is 4. The lowest BCUT2D eigenvalue weighted by molar-refractivity contribution is 1.43. The van der Waals surface area contributed by atoms with Gasteiger partial charge in [-0.2, -0.15) is 0 Å². The van der Waals surface area contributed by atoms with Crippen LogP contribution in [0.5, 0.6) is 0 Å². The zero-order chi connectivity index (χ0) is 37.5. The summed E-state index contributed by atoms with van der Waals surface area (Å²) in [5.41, 5.74) is 11.0. The number of aromatic nitrogens is 2. The molecule has 0 aliphatic rings. The van der Waals surface area contributed by atoms with Crippen molar-refractivity contribution >= 4 is 85.6 Å². The summed E-state index contributed by atoms with van der Waals surface area (Å²) in [6.07, 6.45) is 0. The van der Waals surface area contributed by atoms with Crippen LogP contribution in [0.15, 0.2) is 194 Å². The predicted octanol–water partition coefficient (Wildman–Crippen LogP) is 15.3. The minimum Gasteiger partial charge on any atom is -0.247 e. The number of nitrogens with zero attached hydrogens (tertiary/aromatic N) is 2. The third-order valence-corrected chi connectivity index (χ3v) is 12.8. The van der Waals surface area contributed by atoms with Crippen molar-refractivity contribution in [2.45, 2.75) is 0 Å². The maximum Gasteiger partial charge on any atom is 0.0788 e. The lowest BCUT2D eigenvalue weighted by Gasteiger charge is -2.16. The molecule has 0 radical (unpaired) electrons. The molecule has 0 unspecified atom stereocenters. The summed E-state index contributed by atoms with van der Waals surface area (Å²) >= 11 is 1.88. The Balaban J connectivity index is 1.04. The lowest BCUT2D eigenvalue weighted by atomic mass is 9.89. The minimum atomic E-state index is 1.00. The fraction of sp³-hybridized carbons (Fsp3) is 0. The van der Waals surface area contributed by atoms with E-state index in [9.17, 15) is 0 Å². The highest BCUT2D eigenvalue weighted by Crippen LogP contribution is 2.45. The molecule has 0 saturated carbocycles. The van der Waals surface area contributed by atoms with Gasteiger partial charge in [-0.05, 0) is 57.3 Å². The van der Waals surface area contributed by atoms with Gasteiger partial charge < -0.3 is 0 Å². The van der Waals surface area contributed by atoms with Crippen LogP contribution in [0.1, 0.15) is 0 Å². The first-order valence-corrected chi connectivity index (χ1v) is 20.2. The Morgan fingerprint density at radius 3 is 1.61 bits per heavy atom. The number of pyridine rings is 2. The molecule has 0 N–H and O–H groups in total. The molecule has 264 valence electrons. The molecule has 0 spiro atoms. The van der Waals surface area contributed by atoms with Gasteiger partial charge in [0.25, 0.3) is 0 Å². The molecular weight excluding hydrogens is 709 g/mol. The molecule has 0 bridgehead atoms. The smallest absolute Gasteiger partial charge is 0.0788 e. The summed E-state index contributed by atoms with van der Waals surface area (Å²) in [6.45, 7) is 0. The van der Waals surface area contributed by atoms with Crippen LogP contribution < -0.4 is 0 Å². The van der Waals surface area contributed by atoms with Gasteiger partial charge >= 0.3 is 0 Å². The first kappa shape index (κ1) is 32.1. The fourth-order valence-corrected chi connectivity index (χ4v) is 10.2. The van der Waals surface area contributed by atoms with E-state index in [1.807, 2.05) is 11.3 Å². The van der Waals surface area contributed by atoms with Gasteiger partial charge in [-0.15, -0.1) is 11.3 Å². The van der Waals surface area contributed by atoms with E-state index in [0.29, 0.717) is 0 Å². The van der Waals surface area contributed by atoms with Crippen LogP contribution in [0.25, 0.3) is 119 Å². The Bertz CT molecular complexity index is 3550. The molecule has 3 heterocycles. The third-order valence-electron chi connectivity index (χ3n) is 11.6. The predicted molar refractivity (Wildman–Crippen MR) is 244 cm³/mol. The zero-order valence-electron chi connectivity index (χ0n) is 30.8. The zero-order valence-corrected chi connectivity index (χ0v) is 31.6. The second-order valence-electron chi connectivity index (χ2n) is 14.8. The molecule has 0 aliphatic carbocycles. The summed E-state index contributed by atoms with van der Waals surface area (Å²) in [7, 11) is 0. The van der Waals surface area contributed by atoms with Crippen LogP contribution in [-0.2, 0) is 0 Å². The van der Waals surface area contributed by atoms with Gasteiger partial charge in [-0.3, -0.25) is 0 Å². The van der Waals surface area contributed by atoms with Crippen LogP contribution in [0.3, 0.4) is 0 Å². The van der Waals surface area contributed by atoms with E-state index in [1.54, 1.807) is 0 Å². The largest absolute Gasteiger partial charge is 0.247 e. The standard InChI is InChI=1S/C54H32N2S/c1-3-13-35(14-4-1)52-44-30-29-41-39-18-10-12-22-49(39)57-54(41)51(44)43-28-27-37(31-48(43)56-52)33-23-25-34(26-24-33)45-32-46-50(40-19-8-7-17-38(40)45)42-20-9-11-21-47(42)55-53(46)36-15-5-2-6-16-36/h1-32H. The van der Waals surface area contributed by atoms with Crippen molar-refractivity contribution in [3.63, 3.8) is 0 Å². The monoisotopic (exact) mass is 740 g/mol. The molecule has 12 aromatic rings. The maximum atomic E-state index is 5.40. The van der Waals surface area contributed by atoms with Crippen molar-refractivity contribution in [3.05, 3.63) is 194 Å². The second kappa shape index (κ2) is 12.7. The summed E-state index contributed by atoms with van der Waals surface area (Å²) in [4.78, 5) is 10.7. The minimum absolute atomic E-state index is 1.00. The summed E-state index contributed by atoms with van der Waals surface area (Å²) in [6, 6.07) is 70.1. The van der Waals surface area contributed by atoms with Crippen LogP contribution in [0, 0.1) is 0 Å². The van der Waals surface area contributed by atoms with E-state index in [0.717, 1.165) is 50.1 Å². The molecule has 0 amide bonds. The van der Waals surface area contributed by atoms with Crippen LogP contribution >= 0.6 is 11.3 Å². The van der Waals surface area contributed by atoms with E-state index < -0.39 is 0 Å². The molecular formula is C54H32N2S. The van der Waals surface area contributed by atoms with E-state index in [4.69, 9.17) is 9.97 Å². The Hall–Kier alpha value is -7.20. The molecule has 0 fully saturated rings. The van der Waals surface area contributed by atoms with Crippen molar-refractivity contribution in [2.75, 3.05) is 0 Å². The van der Waals surface area contributed by atoms with Crippen molar-refractivity contribution in [1.82, 2.24) is 9.97 Å². The van der Waals surface area contributed by atoms with Gasteiger partial charge in [0.15, 0.2) is 0 Å². The highest BCUT2D eigenvalue weighted by Gasteiger charge is 2.19. The maximum absolute atomic E-state index is 5.40. The average molecular weight is 741 g/mol. The van der Waals surface area contributed by atoms with E-state index in [1.165, 1.54) is 69.0 Å². The molecule has 3 heteroatoms. The molecule has 3 aromatic heterocycles. The van der Waals surface area contributed by atoms with Gasteiger partial charge in [0.05, 0.1) is 22.4 Å². The molecule has 9 aromatic carbocycles. The highest BCUT2D eigenvalue weighted by atomic mass is 32.1. The average Bonchev–Trinajstić information content (AvgIpc) is 3.67. The molecule has 57 heavy (non-hydrogen) atoms. The van der Waals surface area contributed by atoms with Gasteiger partial charge in [-0.1, -0.05) is 170 Å². The van der Waals surface area contributed by atoms with Crippen molar-refractivity contribution in [2.24, 2.45) is 0 Å². The van der Waals surface area contributed by atoms with Gasteiger partial charge in [0.2, 0.25) is 0 Å². The van der Waals surface area contributed by atoms with Crippen LogP contribution in [0.4, 0.5) is 0 Å². The van der Waals surface area contributed by atoms with Crippen molar-refractivity contribution in [1.29, 1.82) is 0 Å². The Morgan fingerprint density at radius 2 is 0.842 bits per heavy atom. The second-order valence-corrected chi connectivity index (χ2v) is 15.9. The van der Waals surface area contributed by atoms with Crippen LogP contribution in [-0.4, -0.2) is 9.97 Å². The Labute approximate surface area is 333 Å². The van der Waals surface area contributed by atoms with Gasteiger partial charge in [0.1, 0.15) is 0 Å². The molecule has 0 atom stereocenters. The number of hydrogen-bond donors (Lipinski definition) is 0. The molecule has 12 rings (SSSR count). The first-order chi connectivity index (χ1) is 28.3. The van der Waals surface area contributed by atoms with E-state index in [-0.39, 0.29) is 0 Å². The summed E-state index contributed by atoms with van der Waals surface area (Å²) in [5, 5.41) is 12.3. The molecule has 0 aliphatic heterocycles.